The number of aryl methyl sites for hydroxylation is 1. The van der Waals surface area contributed by atoms with Gasteiger partial charge in [-0.1, -0.05) is 0 Å². The molecule has 2 aliphatic heterocycles. The van der Waals surface area contributed by atoms with Crippen LogP contribution in [0.3, 0.4) is 0 Å². The largest absolute Gasteiger partial charge is 0.375 e. The number of hydrogen-bond acceptors (Lipinski definition) is 4. The summed E-state index contributed by atoms with van der Waals surface area (Å²) in [5.41, 5.74) is 1.45. The molecule has 3 rings (SSSR count). The number of nitrogens with zero attached hydrogens (tertiary/aromatic N) is 2. The number of imidazole rings is 1. The molecule has 2 atom stereocenters. The maximum absolute atomic E-state index is 6.22. The second-order valence-electron chi connectivity index (χ2n) is 6.09. The summed E-state index contributed by atoms with van der Waals surface area (Å²) in [6.45, 7) is 0.908. The molecule has 2 aliphatic rings. The molecule has 20 heavy (non-hydrogen) atoms. The molecule has 1 aromatic rings. The summed E-state index contributed by atoms with van der Waals surface area (Å²) in [6.07, 6.45) is 8.66. The van der Waals surface area contributed by atoms with Crippen LogP contribution >= 0.6 is 11.8 Å². The highest BCUT2D eigenvalue weighted by Gasteiger charge is 2.41. The van der Waals surface area contributed by atoms with Crippen LogP contribution in [-0.2, 0) is 11.8 Å². The third-order valence-electron chi connectivity index (χ3n) is 4.89. The van der Waals surface area contributed by atoms with Crippen LogP contribution in [0.5, 0.6) is 0 Å². The lowest BCUT2D eigenvalue weighted by atomic mass is 9.78. The van der Waals surface area contributed by atoms with Gasteiger partial charge in [0, 0.05) is 19.9 Å². The number of ether oxygens (including phenoxy) is 1. The summed E-state index contributed by atoms with van der Waals surface area (Å²) in [7, 11) is 4.15. The van der Waals surface area contributed by atoms with Gasteiger partial charge in [-0.05, 0) is 50.2 Å². The van der Waals surface area contributed by atoms with Gasteiger partial charge in [-0.3, -0.25) is 0 Å². The van der Waals surface area contributed by atoms with Gasteiger partial charge in [0.2, 0.25) is 0 Å². The quantitative estimate of drug-likeness (QED) is 0.929. The Morgan fingerprint density at radius 2 is 2.30 bits per heavy atom. The van der Waals surface area contributed by atoms with E-state index in [1.165, 1.54) is 36.5 Å². The van der Waals surface area contributed by atoms with Crippen LogP contribution < -0.4 is 5.32 Å². The van der Waals surface area contributed by atoms with Crippen molar-refractivity contribution < 1.29 is 4.74 Å². The second-order valence-corrected chi connectivity index (χ2v) is 7.32. The fourth-order valence-electron chi connectivity index (χ4n) is 3.73. The Morgan fingerprint density at radius 3 is 2.95 bits per heavy atom. The van der Waals surface area contributed by atoms with E-state index in [1.54, 1.807) is 0 Å². The molecule has 0 bridgehead atoms. The van der Waals surface area contributed by atoms with Crippen LogP contribution in [0.1, 0.15) is 37.4 Å². The van der Waals surface area contributed by atoms with Gasteiger partial charge in [-0.2, -0.15) is 11.8 Å². The normalized spacial score (nSPS) is 27.6. The molecule has 2 saturated heterocycles. The van der Waals surface area contributed by atoms with E-state index in [4.69, 9.17) is 4.74 Å². The molecule has 0 aromatic carbocycles. The zero-order valence-corrected chi connectivity index (χ0v) is 13.3. The molecule has 0 saturated carbocycles. The molecule has 0 amide bonds. The van der Waals surface area contributed by atoms with Crippen molar-refractivity contribution >= 4 is 11.8 Å². The molecule has 112 valence electrons. The molecular weight excluding hydrogens is 270 g/mol. The summed E-state index contributed by atoms with van der Waals surface area (Å²) in [5, 5.41) is 3.52. The number of nitrogens with one attached hydrogen (secondary N) is 1. The van der Waals surface area contributed by atoms with E-state index >= 15 is 0 Å². The van der Waals surface area contributed by atoms with Crippen molar-refractivity contribution in [3.8, 4) is 0 Å². The topological polar surface area (TPSA) is 39.1 Å². The third-order valence-corrected chi connectivity index (χ3v) is 5.88. The first-order valence-corrected chi connectivity index (χ1v) is 8.75. The average Bonchev–Trinajstić information content (AvgIpc) is 2.87. The van der Waals surface area contributed by atoms with Crippen molar-refractivity contribution in [3.05, 3.63) is 18.2 Å². The van der Waals surface area contributed by atoms with Crippen molar-refractivity contribution in [2.45, 2.75) is 37.3 Å². The Hall–Kier alpha value is -0.520. The van der Waals surface area contributed by atoms with Crippen molar-refractivity contribution in [1.29, 1.82) is 0 Å². The van der Waals surface area contributed by atoms with Crippen molar-refractivity contribution in [2.75, 3.05) is 25.2 Å². The SMILES string of the molecule is CNC(c1cncn1C)C1CCOC2(CCSCC2)C1. The highest BCUT2D eigenvalue weighted by Crippen LogP contribution is 2.43. The minimum Gasteiger partial charge on any atom is -0.375 e. The fourth-order valence-corrected chi connectivity index (χ4v) is 4.97. The lowest BCUT2D eigenvalue weighted by molar-refractivity contribution is -0.107. The summed E-state index contributed by atoms with van der Waals surface area (Å²) in [5.74, 6) is 3.15. The van der Waals surface area contributed by atoms with E-state index in [9.17, 15) is 0 Å². The fraction of sp³-hybridized carbons (Fsp3) is 0.800. The maximum Gasteiger partial charge on any atom is 0.0946 e. The predicted octanol–water partition coefficient (Wildman–Crippen LogP) is 2.37. The number of aromatic nitrogens is 2. The van der Waals surface area contributed by atoms with Crippen LogP contribution in [0.15, 0.2) is 12.5 Å². The van der Waals surface area contributed by atoms with E-state index < -0.39 is 0 Å². The Labute approximate surface area is 125 Å². The van der Waals surface area contributed by atoms with Crippen LogP contribution in [-0.4, -0.2) is 40.3 Å². The third kappa shape index (κ3) is 2.76. The number of rotatable bonds is 3. The molecule has 0 radical (unpaired) electrons. The number of thioether (sulfide) groups is 1. The predicted molar refractivity (Wildman–Crippen MR) is 83.0 cm³/mol. The van der Waals surface area contributed by atoms with Crippen LogP contribution in [0.4, 0.5) is 0 Å². The molecule has 2 fully saturated rings. The summed E-state index contributed by atoms with van der Waals surface area (Å²) >= 11 is 2.07. The van der Waals surface area contributed by atoms with E-state index in [0.717, 1.165) is 13.0 Å². The van der Waals surface area contributed by atoms with E-state index in [0.29, 0.717) is 12.0 Å². The molecule has 2 unspecified atom stereocenters. The Morgan fingerprint density at radius 1 is 1.50 bits per heavy atom. The molecule has 5 heteroatoms. The average molecular weight is 295 g/mol. The lowest BCUT2D eigenvalue weighted by Gasteiger charge is -2.45. The highest BCUT2D eigenvalue weighted by atomic mass is 32.2. The van der Waals surface area contributed by atoms with Crippen molar-refractivity contribution in [1.82, 2.24) is 14.9 Å². The molecular formula is C15H25N3OS. The molecule has 4 nitrogen and oxygen atoms in total. The molecule has 1 aromatic heterocycles. The van der Waals surface area contributed by atoms with Crippen LogP contribution in [0, 0.1) is 5.92 Å². The zero-order chi connectivity index (χ0) is 14.0. The van der Waals surface area contributed by atoms with Gasteiger partial charge in [0.05, 0.1) is 23.7 Å². The number of hydrogen-bond donors (Lipinski definition) is 1. The standard InChI is InChI=1S/C15H25N3OS/c1-16-14(13-10-17-11-18(13)2)12-3-6-19-15(9-12)4-7-20-8-5-15/h10-12,14,16H,3-9H2,1-2H3. The first-order chi connectivity index (χ1) is 9.74. The molecule has 1 spiro atoms. The molecule has 3 heterocycles. The summed E-state index contributed by atoms with van der Waals surface area (Å²) in [4.78, 5) is 4.28. The van der Waals surface area contributed by atoms with Gasteiger partial charge < -0.3 is 14.6 Å². The zero-order valence-electron chi connectivity index (χ0n) is 12.5. The Kier molecular flexibility index (Phi) is 4.38. The van der Waals surface area contributed by atoms with Gasteiger partial charge in [0.15, 0.2) is 0 Å². The Balaban J connectivity index is 1.76. The maximum atomic E-state index is 6.22. The van der Waals surface area contributed by atoms with Gasteiger partial charge in [0.1, 0.15) is 0 Å². The van der Waals surface area contributed by atoms with Gasteiger partial charge in [0.25, 0.3) is 0 Å². The van der Waals surface area contributed by atoms with Gasteiger partial charge in [-0.25, -0.2) is 4.98 Å². The monoisotopic (exact) mass is 295 g/mol. The van der Waals surface area contributed by atoms with Crippen LogP contribution in [0.25, 0.3) is 0 Å². The summed E-state index contributed by atoms with van der Waals surface area (Å²) < 4.78 is 8.35. The van der Waals surface area contributed by atoms with E-state index in [-0.39, 0.29) is 5.60 Å². The second kappa shape index (κ2) is 6.08. The van der Waals surface area contributed by atoms with Crippen molar-refractivity contribution in [3.63, 3.8) is 0 Å². The summed E-state index contributed by atoms with van der Waals surface area (Å²) in [6, 6.07) is 0.387. The van der Waals surface area contributed by atoms with Gasteiger partial charge >= 0.3 is 0 Å². The highest BCUT2D eigenvalue weighted by molar-refractivity contribution is 7.99. The van der Waals surface area contributed by atoms with E-state index in [2.05, 4.69) is 40.7 Å². The van der Waals surface area contributed by atoms with Crippen molar-refractivity contribution in [2.24, 2.45) is 13.0 Å². The minimum absolute atomic E-state index is 0.155. The van der Waals surface area contributed by atoms with Crippen LogP contribution in [0.2, 0.25) is 0 Å². The first kappa shape index (κ1) is 14.4. The Bertz CT molecular complexity index is 437. The molecule has 0 aliphatic carbocycles. The van der Waals surface area contributed by atoms with E-state index in [1.807, 2.05) is 12.5 Å². The van der Waals surface area contributed by atoms with Gasteiger partial charge in [-0.15, -0.1) is 0 Å². The first-order valence-electron chi connectivity index (χ1n) is 7.59. The minimum atomic E-state index is 0.155. The lowest BCUT2D eigenvalue weighted by Crippen LogP contribution is -2.45. The molecule has 1 N–H and O–H groups in total. The smallest absolute Gasteiger partial charge is 0.0946 e.